The highest BCUT2D eigenvalue weighted by atomic mass is 32.2. The van der Waals surface area contributed by atoms with Gasteiger partial charge >= 0.3 is 0 Å². The summed E-state index contributed by atoms with van der Waals surface area (Å²) >= 11 is 0. The zero-order chi connectivity index (χ0) is 13.3. The standard InChI is InChI=1S/C12H19N3O2S/c1-9(10-3-4-10)15(2)18(16,17)12-7-5-11(14-13)6-8-12/h5-10,14H,3-4,13H2,1-2H3. The molecule has 6 heteroatoms. The molecule has 0 spiro atoms. The van der Waals surface area contributed by atoms with Gasteiger partial charge in [0, 0.05) is 18.8 Å². The molecule has 100 valence electrons. The van der Waals surface area contributed by atoms with E-state index in [0.29, 0.717) is 16.5 Å². The lowest BCUT2D eigenvalue weighted by atomic mass is 10.2. The van der Waals surface area contributed by atoms with Gasteiger partial charge in [0.25, 0.3) is 0 Å². The van der Waals surface area contributed by atoms with Gasteiger partial charge in [-0.1, -0.05) is 0 Å². The number of hydrogen-bond donors (Lipinski definition) is 2. The number of hydrogen-bond acceptors (Lipinski definition) is 4. The number of anilines is 1. The Morgan fingerprint density at radius 1 is 1.33 bits per heavy atom. The predicted octanol–water partition coefficient (Wildman–Crippen LogP) is 1.39. The number of nitrogens with one attached hydrogen (secondary N) is 1. The van der Waals surface area contributed by atoms with Crippen LogP contribution in [0.25, 0.3) is 0 Å². The maximum absolute atomic E-state index is 12.4. The SMILES string of the molecule is CC(C1CC1)N(C)S(=O)(=O)c1ccc(NN)cc1. The van der Waals surface area contributed by atoms with Gasteiger partial charge in [0.1, 0.15) is 0 Å². The largest absolute Gasteiger partial charge is 0.324 e. The number of nitrogen functional groups attached to an aromatic ring is 1. The van der Waals surface area contributed by atoms with Gasteiger partial charge in [0.2, 0.25) is 10.0 Å². The summed E-state index contributed by atoms with van der Waals surface area (Å²) in [7, 11) is -1.76. The molecule has 3 N–H and O–H groups in total. The lowest BCUT2D eigenvalue weighted by Crippen LogP contribution is -2.36. The number of rotatable bonds is 5. The van der Waals surface area contributed by atoms with Crippen LogP contribution in [0.4, 0.5) is 5.69 Å². The average Bonchev–Trinajstić information content (AvgIpc) is 3.21. The second-order valence-corrected chi connectivity index (χ2v) is 6.77. The normalized spacial score (nSPS) is 17.8. The zero-order valence-corrected chi connectivity index (χ0v) is 11.4. The Bertz CT molecular complexity index is 509. The molecule has 0 amide bonds. The molecule has 1 aromatic carbocycles. The highest BCUT2D eigenvalue weighted by Gasteiger charge is 2.35. The highest BCUT2D eigenvalue weighted by Crippen LogP contribution is 2.36. The van der Waals surface area contributed by atoms with Crippen molar-refractivity contribution in [2.75, 3.05) is 12.5 Å². The molecule has 1 atom stereocenters. The van der Waals surface area contributed by atoms with E-state index in [4.69, 9.17) is 5.84 Å². The van der Waals surface area contributed by atoms with E-state index >= 15 is 0 Å². The molecular weight excluding hydrogens is 250 g/mol. The molecule has 0 saturated heterocycles. The summed E-state index contributed by atoms with van der Waals surface area (Å²) in [6.45, 7) is 1.96. The van der Waals surface area contributed by atoms with Crippen molar-refractivity contribution in [3.05, 3.63) is 24.3 Å². The van der Waals surface area contributed by atoms with Gasteiger partial charge in [-0.3, -0.25) is 5.84 Å². The van der Waals surface area contributed by atoms with Crippen LogP contribution in [-0.2, 0) is 10.0 Å². The van der Waals surface area contributed by atoms with E-state index in [-0.39, 0.29) is 6.04 Å². The van der Waals surface area contributed by atoms with Crippen molar-refractivity contribution in [3.8, 4) is 0 Å². The third-order valence-corrected chi connectivity index (χ3v) is 5.53. The summed E-state index contributed by atoms with van der Waals surface area (Å²) in [5.74, 6) is 5.76. The van der Waals surface area contributed by atoms with Crippen molar-refractivity contribution in [1.29, 1.82) is 0 Å². The minimum Gasteiger partial charge on any atom is -0.324 e. The molecule has 1 unspecified atom stereocenters. The topological polar surface area (TPSA) is 75.4 Å². The third kappa shape index (κ3) is 2.50. The van der Waals surface area contributed by atoms with Crippen molar-refractivity contribution in [3.63, 3.8) is 0 Å². The van der Waals surface area contributed by atoms with Crippen LogP contribution < -0.4 is 11.3 Å². The van der Waals surface area contributed by atoms with Gasteiger partial charge < -0.3 is 5.43 Å². The molecule has 0 bridgehead atoms. The molecule has 1 aromatic rings. The quantitative estimate of drug-likeness (QED) is 0.625. The van der Waals surface area contributed by atoms with Crippen molar-refractivity contribution in [1.82, 2.24) is 4.31 Å². The Morgan fingerprint density at radius 3 is 2.33 bits per heavy atom. The first kappa shape index (κ1) is 13.3. The Labute approximate surface area is 108 Å². The van der Waals surface area contributed by atoms with E-state index in [9.17, 15) is 8.42 Å². The Morgan fingerprint density at radius 2 is 1.89 bits per heavy atom. The smallest absolute Gasteiger partial charge is 0.243 e. The Hall–Kier alpha value is -1.11. The average molecular weight is 269 g/mol. The van der Waals surface area contributed by atoms with Crippen LogP contribution in [0.3, 0.4) is 0 Å². The lowest BCUT2D eigenvalue weighted by molar-refractivity contribution is 0.357. The molecule has 1 fully saturated rings. The molecule has 1 aliphatic rings. The second-order valence-electron chi connectivity index (χ2n) is 4.77. The summed E-state index contributed by atoms with van der Waals surface area (Å²) in [5.41, 5.74) is 3.16. The van der Waals surface area contributed by atoms with E-state index in [0.717, 1.165) is 12.8 Å². The van der Waals surface area contributed by atoms with E-state index in [1.807, 2.05) is 6.92 Å². The zero-order valence-electron chi connectivity index (χ0n) is 10.6. The predicted molar refractivity (Wildman–Crippen MR) is 71.4 cm³/mol. The van der Waals surface area contributed by atoms with Gasteiger partial charge in [-0.25, -0.2) is 8.42 Å². The van der Waals surface area contributed by atoms with Crippen LogP contribution in [0.5, 0.6) is 0 Å². The fourth-order valence-electron chi connectivity index (χ4n) is 1.98. The molecular formula is C12H19N3O2S. The molecule has 18 heavy (non-hydrogen) atoms. The van der Waals surface area contributed by atoms with Gasteiger partial charge in [0.05, 0.1) is 4.90 Å². The molecule has 0 aromatic heterocycles. The molecule has 1 aliphatic carbocycles. The molecule has 1 saturated carbocycles. The summed E-state index contributed by atoms with van der Waals surface area (Å²) < 4.78 is 26.2. The summed E-state index contributed by atoms with van der Waals surface area (Å²) in [5, 5.41) is 0. The van der Waals surface area contributed by atoms with Gasteiger partial charge in [-0.15, -0.1) is 0 Å². The first-order valence-electron chi connectivity index (χ1n) is 6.01. The highest BCUT2D eigenvalue weighted by molar-refractivity contribution is 7.89. The lowest BCUT2D eigenvalue weighted by Gasteiger charge is -2.24. The van der Waals surface area contributed by atoms with Gasteiger partial charge in [0.15, 0.2) is 0 Å². The van der Waals surface area contributed by atoms with Crippen LogP contribution in [0, 0.1) is 5.92 Å². The van der Waals surface area contributed by atoms with E-state index < -0.39 is 10.0 Å². The summed E-state index contributed by atoms with van der Waals surface area (Å²) in [6, 6.07) is 6.51. The van der Waals surface area contributed by atoms with Crippen LogP contribution in [0.15, 0.2) is 29.2 Å². The molecule has 0 aliphatic heterocycles. The molecule has 2 rings (SSSR count). The van der Waals surface area contributed by atoms with Crippen LogP contribution in [0.2, 0.25) is 0 Å². The second kappa shape index (κ2) is 4.87. The maximum Gasteiger partial charge on any atom is 0.243 e. The van der Waals surface area contributed by atoms with Crippen molar-refractivity contribution >= 4 is 15.7 Å². The maximum atomic E-state index is 12.4. The van der Waals surface area contributed by atoms with Crippen molar-refractivity contribution in [2.24, 2.45) is 11.8 Å². The first-order valence-corrected chi connectivity index (χ1v) is 7.45. The Kier molecular flexibility index (Phi) is 3.61. The number of hydrazine groups is 1. The molecule has 0 radical (unpaired) electrons. The van der Waals surface area contributed by atoms with E-state index in [1.54, 1.807) is 31.3 Å². The molecule has 0 heterocycles. The molecule has 5 nitrogen and oxygen atoms in total. The minimum atomic E-state index is -3.40. The first-order chi connectivity index (χ1) is 8.46. The van der Waals surface area contributed by atoms with Crippen LogP contribution >= 0.6 is 0 Å². The van der Waals surface area contributed by atoms with Gasteiger partial charge in [-0.05, 0) is 49.9 Å². The number of sulfonamides is 1. The van der Waals surface area contributed by atoms with Crippen molar-refractivity contribution < 1.29 is 8.42 Å². The fraction of sp³-hybridized carbons (Fsp3) is 0.500. The number of nitrogens with two attached hydrogens (primary N) is 1. The number of benzene rings is 1. The van der Waals surface area contributed by atoms with Gasteiger partial charge in [-0.2, -0.15) is 4.31 Å². The monoisotopic (exact) mass is 269 g/mol. The Balaban J connectivity index is 2.23. The van der Waals surface area contributed by atoms with E-state index in [2.05, 4.69) is 5.43 Å². The third-order valence-electron chi connectivity index (χ3n) is 3.58. The van der Waals surface area contributed by atoms with Crippen LogP contribution in [0.1, 0.15) is 19.8 Å². The van der Waals surface area contributed by atoms with E-state index in [1.165, 1.54) is 4.31 Å². The summed E-state index contributed by atoms with van der Waals surface area (Å²) in [6.07, 6.45) is 2.24. The summed E-state index contributed by atoms with van der Waals surface area (Å²) in [4.78, 5) is 0.302. The van der Waals surface area contributed by atoms with Crippen LogP contribution in [-0.4, -0.2) is 25.8 Å². The van der Waals surface area contributed by atoms with Crippen molar-refractivity contribution in [2.45, 2.75) is 30.7 Å². The minimum absolute atomic E-state index is 0.0577. The number of nitrogens with zero attached hydrogens (tertiary/aromatic N) is 1. The fourth-order valence-corrected chi connectivity index (χ4v) is 3.41.